The number of aliphatic carboxylic acids is 1. The summed E-state index contributed by atoms with van der Waals surface area (Å²) in [5.41, 5.74) is 3.63. The van der Waals surface area contributed by atoms with Crippen molar-refractivity contribution in [2.24, 2.45) is 0 Å². The molecular weight excluding hydrogens is 300 g/mol. The smallest absolute Gasteiger partial charge is 0.303 e. The van der Waals surface area contributed by atoms with Crippen LogP contribution in [-0.4, -0.2) is 20.5 Å². The van der Waals surface area contributed by atoms with Crippen molar-refractivity contribution in [3.8, 4) is 11.3 Å². The molecule has 0 atom stereocenters. The fourth-order valence-electron chi connectivity index (χ4n) is 3.08. The number of hydrogen-bond acceptors (Lipinski definition) is 2. The van der Waals surface area contributed by atoms with Gasteiger partial charge in [0.05, 0.1) is 17.8 Å². The van der Waals surface area contributed by atoms with E-state index < -0.39 is 5.97 Å². The summed E-state index contributed by atoms with van der Waals surface area (Å²) in [4.78, 5) is 15.8. The van der Waals surface area contributed by atoms with E-state index in [4.69, 9.17) is 10.1 Å². The maximum absolute atomic E-state index is 11.0. The third-order valence-corrected chi connectivity index (χ3v) is 4.23. The first-order valence-electron chi connectivity index (χ1n) is 7.89. The molecule has 4 heteroatoms. The largest absolute Gasteiger partial charge is 0.481 e. The molecule has 0 unspecified atom stereocenters. The highest BCUT2D eigenvalue weighted by Crippen LogP contribution is 2.28. The van der Waals surface area contributed by atoms with E-state index in [1.165, 1.54) is 5.39 Å². The number of rotatable bonds is 4. The van der Waals surface area contributed by atoms with E-state index in [9.17, 15) is 4.79 Å². The zero-order valence-electron chi connectivity index (χ0n) is 13.0. The average Bonchev–Trinajstić information content (AvgIpc) is 2.98. The standard InChI is InChI=1S/C20H16N2O2/c23-19(24)11-10-17-20(21-18-7-3-4-12-22(17)18)16-9-8-14-5-1-2-6-15(14)13-16/h1-9,12-13H,10-11H2,(H,23,24). The van der Waals surface area contributed by atoms with Gasteiger partial charge in [0, 0.05) is 18.2 Å². The summed E-state index contributed by atoms with van der Waals surface area (Å²) < 4.78 is 1.98. The van der Waals surface area contributed by atoms with Crippen molar-refractivity contribution in [3.63, 3.8) is 0 Å². The Morgan fingerprint density at radius 1 is 1.00 bits per heavy atom. The maximum atomic E-state index is 11.0. The van der Waals surface area contributed by atoms with Gasteiger partial charge in [-0.1, -0.05) is 42.5 Å². The number of benzene rings is 2. The lowest BCUT2D eigenvalue weighted by atomic mass is 10.0. The van der Waals surface area contributed by atoms with Gasteiger partial charge in [-0.3, -0.25) is 4.79 Å². The molecule has 0 amide bonds. The Kier molecular flexibility index (Phi) is 3.50. The molecule has 1 N–H and O–H groups in total. The Morgan fingerprint density at radius 3 is 2.62 bits per heavy atom. The van der Waals surface area contributed by atoms with Gasteiger partial charge in [-0.25, -0.2) is 4.98 Å². The van der Waals surface area contributed by atoms with Crippen LogP contribution in [-0.2, 0) is 11.2 Å². The Labute approximate surface area is 139 Å². The second-order valence-corrected chi connectivity index (χ2v) is 5.79. The fraction of sp³-hybridized carbons (Fsp3) is 0.100. The van der Waals surface area contributed by atoms with Gasteiger partial charge < -0.3 is 9.51 Å². The number of carboxylic acid groups (broad SMARTS) is 1. The molecule has 0 radical (unpaired) electrons. The third-order valence-electron chi connectivity index (χ3n) is 4.23. The Balaban J connectivity index is 1.90. The van der Waals surface area contributed by atoms with E-state index in [-0.39, 0.29) is 6.42 Å². The SMILES string of the molecule is O=C(O)CCc1c(-c2ccc3ccccc3c2)nc2ccccn12. The highest BCUT2D eigenvalue weighted by Gasteiger charge is 2.15. The summed E-state index contributed by atoms with van der Waals surface area (Å²) in [7, 11) is 0. The van der Waals surface area contributed by atoms with E-state index in [2.05, 4.69) is 24.3 Å². The molecule has 0 saturated heterocycles. The summed E-state index contributed by atoms with van der Waals surface area (Å²) in [6, 6.07) is 20.2. The average molecular weight is 316 g/mol. The van der Waals surface area contributed by atoms with Crippen molar-refractivity contribution in [2.45, 2.75) is 12.8 Å². The van der Waals surface area contributed by atoms with E-state index >= 15 is 0 Å². The van der Waals surface area contributed by atoms with Gasteiger partial charge in [-0.05, 0) is 29.0 Å². The van der Waals surface area contributed by atoms with Gasteiger partial charge >= 0.3 is 5.97 Å². The topological polar surface area (TPSA) is 54.6 Å². The summed E-state index contributed by atoms with van der Waals surface area (Å²) in [5, 5.41) is 11.4. The number of aryl methyl sites for hydroxylation is 1. The van der Waals surface area contributed by atoms with Gasteiger partial charge in [-0.2, -0.15) is 0 Å². The summed E-state index contributed by atoms with van der Waals surface area (Å²) >= 11 is 0. The van der Waals surface area contributed by atoms with Crippen LogP contribution in [0, 0.1) is 0 Å². The third kappa shape index (κ3) is 2.52. The number of nitrogens with zero attached hydrogens (tertiary/aromatic N) is 2. The molecule has 2 aromatic carbocycles. The molecular formula is C20H16N2O2. The van der Waals surface area contributed by atoms with E-state index in [0.29, 0.717) is 6.42 Å². The second-order valence-electron chi connectivity index (χ2n) is 5.79. The van der Waals surface area contributed by atoms with Crippen molar-refractivity contribution < 1.29 is 9.90 Å². The minimum absolute atomic E-state index is 0.0866. The van der Waals surface area contributed by atoms with Crippen molar-refractivity contribution in [1.29, 1.82) is 0 Å². The lowest BCUT2D eigenvalue weighted by molar-refractivity contribution is -0.136. The lowest BCUT2D eigenvalue weighted by Gasteiger charge is -2.05. The van der Waals surface area contributed by atoms with Gasteiger partial charge in [0.2, 0.25) is 0 Å². The molecule has 118 valence electrons. The van der Waals surface area contributed by atoms with Crippen molar-refractivity contribution >= 4 is 22.4 Å². The van der Waals surface area contributed by atoms with Crippen LogP contribution in [0.15, 0.2) is 66.9 Å². The first kappa shape index (κ1) is 14.5. The number of fused-ring (bicyclic) bond motifs is 2. The summed E-state index contributed by atoms with van der Waals surface area (Å²) in [5.74, 6) is -0.801. The predicted octanol–water partition coefficient (Wildman–Crippen LogP) is 4.17. The fourth-order valence-corrected chi connectivity index (χ4v) is 3.08. The molecule has 0 aliphatic carbocycles. The Morgan fingerprint density at radius 2 is 1.79 bits per heavy atom. The van der Waals surface area contributed by atoms with Crippen LogP contribution in [0.5, 0.6) is 0 Å². The minimum Gasteiger partial charge on any atom is -0.481 e. The molecule has 0 aliphatic heterocycles. The predicted molar refractivity (Wildman–Crippen MR) is 94.1 cm³/mol. The molecule has 0 bridgehead atoms. The quantitative estimate of drug-likeness (QED) is 0.615. The second kappa shape index (κ2) is 5.81. The Bertz CT molecular complexity index is 1050. The highest BCUT2D eigenvalue weighted by atomic mass is 16.4. The molecule has 4 nitrogen and oxygen atoms in total. The monoisotopic (exact) mass is 316 g/mol. The summed E-state index contributed by atoms with van der Waals surface area (Å²) in [6.45, 7) is 0. The number of hydrogen-bond donors (Lipinski definition) is 1. The highest BCUT2D eigenvalue weighted by molar-refractivity contribution is 5.87. The first-order valence-corrected chi connectivity index (χ1v) is 7.89. The van der Waals surface area contributed by atoms with Crippen LogP contribution < -0.4 is 0 Å². The zero-order valence-corrected chi connectivity index (χ0v) is 13.0. The van der Waals surface area contributed by atoms with Crippen LogP contribution in [0.1, 0.15) is 12.1 Å². The molecule has 0 saturated carbocycles. The molecule has 2 aromatic heterocycles. The lowest BCUT2D eigenvalue weighted by Crippen LogP contribution is -2.01. The van der Waals surface area contributed by atoms with E-state index in [1.54, 1.807) is 0 Å². The number of carbonyl (C=O) groups is 1. The summed E-state index contributed by atoms with van der Waals surface area (Å²) in [6.07, 6.45) is 2.47. The van der Waals surface area contributed by atoms with Gasteiger partial charge in [0.1, 0.15) is 5.65 Å². The molecule has 0 aliphatic rings. The molecule has 0 fully saturated rings. The van der Waals surface area contributed by atoms with Crippen molar-refractivity contribution in [1.82, 2.24) is 9.38 Å². The molecule has 24 heavy (non-hydrogen) atoms. The first-order chi connectivity index (χ1) is 11.7. The molecule has 2 heterocycles. The number of aromatic nitrogens is 2. The van der Waals surface area contributed by atoms with Crippen LogP contribution >= 0.6 is 0 Å². The molecule has 4 aromatic rings. The number of carboxylic acids is 1. The normalized spacial score (nSPS) is 11.2. The van der Waals surface area contributed by atoms with Gasteiger partial charge in [0.25, 0.3) is 0 Å². The van der Waals surface area contributed by atoms with Gasteiger partial charge in [-0.15, -0.1) is 0 Å². The van der Waals surface area contributed by atoms with E-state index in [0.717, 1.165) is 28.0 Å². The van der Waals surface area contributed by atoms with Crippen LogP contribution in [0.4, 0.5) is 0 Å². The van der Waals surface area contributed by atoms with Crippen molar-refractivity contribution in [2.75, 3.05) is 0 Å². The molecule has 0 spiro atoms. The Hall–Kier alpha value is -3.14. The number of pyridine rings is 1. The van der Waals surface area contributed by atoms with Crippen LogP contribution in [0.25, 0.3) is 27.7 Å². The van der Waals surface area contributed by atoms with Crippen LogP contribution in [0.3, 0.4) is 0 Å². The zero-order chi connectivity index (χ0) is 16.5. The van der Waals surface area contributed by atoms with Gasteiger partial charge in [0.15, 0.2) is 0 Å². The van der Waals surface area contributed by atoms with Crippen LogP contribution in [0.2, 0.25) is 0 Å². The maximum Gasteiger partial charge on any atom is 0.303 e. The number of imidazole rings is 1. The van der Waals surface area contributed by atoms with Crippen molar-refractivity contribution in [3.05, 3.63) is 72.6 Å². The molecule has 4 rings (SSSR count). The minimum atomic E-state index is -0.801. The van der Waals surface area contributed by atoms with E-state index in [1.807, 2.05) is 47.0 Å².